The summed E-state index contributed by atoms with van der Waals surface area (Å²) in [6, 6.07) is 0. The molecule has 96 valence electrons. The van der Waals surface area contributed by atoms with Gasteiger partial charge in [-0.1, -0.05) is 0 Å². The monoisotopic (exact) mass is 241 g/mol. The van der Waals surface area contributed by atoms with Crippen molar-refractivity contribution in [3.63, 3.8) is 0 Å². The standard InChI is InChI=1S/C12H19NO4/c1-2-13(7-8-4-3-5-17-8)11(14)9-6-10(9)12(15)16/h8-10H,2-7H2,1H3,(H,15,16). The van der Waals surface area contributed by atoms with Gasteiger partial charge in [-0.05, 0) is 26.2 Å². The molecule has 3 atom stereocenters. The number of hydrogen-bond acceptors (Lipinski definition) is 3. The third-order valence-electron chi connectivity index (χ3n) is 3.57. The number of carboxylic acids is 1. The van der Waals surface area contributed by atoms with E-state index in [1.807, 2.05) is 6.92 Å². The van der Waals surface area contributed by atoms with Crippen LogP contribution in [0.25, 0.3) is 0 Å². The number of carbonyl (C=O) groups is 2. The maximum Gasteiger partial charge on any atom is 0.307 e. The molecule has 2 fully saturated rings. The highest BCUT2D eigenvalue weighted by Crippen LogP contribution is 2.40. The van der Waals surface area contributed by atoms with Crippen molar-refractivity contribution >= 4 is 11.9 Å². The van der Waals surface area contributed by atoms with Gasteiger partial charge < -0.3 is 14.7 Å². The quantitative estimate of drug-likeness (QED) is 0.770. The third kappa shape index (κ3) is 2.77. The Bertz CT molecular complexity index is 312. The minimum absolute atomic E-state index is 0.0181. The Morgan fingerprint density at radius 2 is 2.18 bits per heavy atom. The summed E-state index contributed by atoms with van der Waals surface area (Å²) in [5.74, 6) is -1.62. The lowest BCUT2D eigenvalue weighted by Crippen LogP contribution is -2.38. The van der Waals surface area contributed by atoms with E-state index in [-0.39, 0.29) is 17.9 Å². The lowest BCUT2D eigenvalue weighted by atomic mass is 10.2. The first-order chi connectivity index (χ1) is 8.13. The van der Waals surface area contributed by atoms with Gasteiger partial charge in [0.15, 0.2) is 0 Å². The Balaban J connectivity index is 1.85. The molecule has 1 aliphatic heterocycles. The predicted octanol–water partition coefficient (Wildman–Crippen LogP) is 0.735. The SMILES string of the molecule is CCN(CC1CCCO1)C(=O)C1CC1C(=O)O. The van der Waals surface area contributed by atoms with Crippen LogP contribution in [0.4, 0.5) is 0 Å². The Labute approximate surface area is 101 Å². The first-order valence-electron chi connectivity index (χ1n) is 6.26. The summed E-state index contributed by atoms with van der Waals surface area (Å²) < 4.78 is 5.50. The van der Waals surface area contributed by atoms with E-state index in [0.717, 1.165) is 19.4 Å². The number of nitrogens with zero attached hydrogens (tertiary/aromatic N) is 1. The van der Waals surface area contributed by atoms with Crippen molar-refractivity contribution in [2.75, 3.05) is 19.7 Å². The number of ether oxygens (including phenoxy) is 1. The fraction of sp³-hybridized carbons (Fsp3) is 0.833. The highest BCUT2D eigenvalue weighted by Gasteiger charge is 2.49. The average molecular weight is 241 g/mol. The van der Waals surface area contributed by atoms with E-state index in [4.69, 9.17) is 9.84 Å². The molecule has 0 aromatic heterocycles. The second kappa shape index (κ2) is 5.04. The van der Waals surface area contributed by atoms with Gasteiger partial charge in [-0.2, -0.15) is 0 Å². The number of carbonyl (C=O) groups excluding carboxylic acids is 1. The molecule has 1 heterocycles. The molecule has 0 aromatic rings. The van der Waals surface area contributed by atoms with Crippen LogP contribution >= 0.6 is 0 Å². The molecular formula is C12H19NO4. The molecule has 1 amide bonds. The third-order valence-corrected chi connectivity index (χ3v) is 3.57. The summed E-state index contributed by atoms with van der Waals surface area (Å²) in [4.78, 5) is 24.5. The van der Waals surface area contributed by atoms with Crippen molar-refractivity contribution in [3.8, 4) is 0 Å². The zero-order chi connectivity index (χ0) is 12.4. The first-order valence-corrected chi connectivity index (χ1v) is 6.26. The Morgan fingerprint density at radius 1 is 1.41 bits per heavy atom. The van der Waals surface area contributed by atoms with E-state index in [2.05, 4.69) is 0 Å². The van der Waals surface area contributed by atoms with E-state index in [1.54, 1.807) is 4.90 Å². The zero-order valence-electron chi connectivity index (χ0n) is 10.1. The maximum atomic E-state index is 12.0. The van der Waals surface area contributed by atoms with Crippen molar-refractivity contribution in [1.29, 1.82) is 0 Å². The van der Waals surface area contributed by atoms with Crippen molar-refractivity contribution in [3.05, 3.63) is 0 Å². The van der Waals surface area contributed by atoms with Crippen LogP contribution in [-0.2, 0) is 14.3 Å². The number of carboxylic acid groups (broad SMARTS) is 1. The number of likely N-dealkylation sites (N-methyl/N-ethyl adjacent to an activating group) is 1. The fourth-order valence-electron chi connectivity index (χ4n) is 2.38. The molecular weight excluding hydrogens is 222 g/mol. The van der Waals surface area contributed by atoms with Crippen LogP contribution in [0.2, 0.25) is 0 Å². The Hall–Kier alpha value is -1.10. The molecule has 5 heteroatoms. The normalized spacial score (nSPS) is 31.2. The minimum Gasteiger partial charge on any atom is -0.481 e. The lowest BCUT2D eigenvalue weighted by molar-refractivity contribution is -0.142. The van der Waals surface area contributed by atoms with Crippen LogP contribution < -0.4 is 0 Å². The smallest absolute Gasteiger partial charge is 0.307 e. The minimum atomic E-state index is -0.850. The van der Waals surface area contributed by atoms with E-state index >= 15 is 0 Å². The topological polar surface area (TPSA) is 66.8 Å². The largest absolute Gasteiger partial charge is 0.481 e. The van der Waals surface area contributed by atoms with Crippen molar-refractivity contribution < 1.29 is 19.4 Å². The van der Waals surface area contributed by atoms with E-state index in [1.165, 1.54) is 0 Å². The molecule has 0 bridgehead atoms. The Kier molecular flexibility index (Phi) is 3.66. The molecule has 1 N–H and O–H groups in total. The molecule has 0 aromatic carbocycles. The van der Waals surface area contributed by atoms with Crippen LogP contribution in [0.15, 0.2) is 0 Å². The van der Waals surface area contributed by atoms with E-state index in [9.17, 15) is 9.59 Å². The number of aliphatic carboxylic acids is 1. The van der Waals surface area contributed by atoms with Crippen LogP contribution in [0.3, 0.4) is 0 Å². The molecule has 5 nitrogen and oxygen atoms in total. The fourth-order valence-corrected chi connectivity index (χ4v) is 2.38. The summed E-state index contributed by atoms with van der Waals surface area (Å²) in [5, 5.41) is 8.82. The molecule has 0 spiro atoms. The molecule has 2 aliphatic rings. The molecule has 1 saturated carbocycles. The maximum absolute atomic E-state index is 12.0. The number of hydrogen-bond donors (Lipinski definition) is 1. The van der Waals surface area contributed by atoms with Crippen LogP contribution in [0, 0.1) is 11.8 Å². The molecule has 3 unspecified atom stereocenters. The van der Waals surface area contributed by atoms with Crippen LogP contribution in [0.1, 0.15) is 26.2 Å². The van der Waals surface area contributed by atoms with E-state index in [0.29, 0.717) is 19.5 Å². The molecule has 1 saturated heterocycles. The summed E-state index contributed by atoms with van der Waals surface area (Å²) in [6.45, 7) is 3.93. The van der Waals surface area contributed by atoms with E-state index < -0.39 is 11.9 Å². The van der Waals surface area contributed by atoms with Gasteiger partial charge >= 0.3 is 5.97 Å². The Morgan fingerprint density at radius 3 is 2.65 bits per heavy atom. The van der Waals surface area contributed by atoms with Gasteiger partial charge in [0.05, 0.1) is 17.9 Å². The van der Waals surface area contributed by atoms with Crippen LogP contribution in [0.5, 0.6) is 0 Å². The number of amides is 1. The zero-order valence-corrected chi connectivity index (χ0v) is 10.1. The van der Waals surface area contributed by atoms with Gasteiger partial charge in [0.2, 0.25) is 5.91 Å². The molecule has 1 aliphatic carbocycles. The second-order valence-electron chi connectivity index (χ2n) is 4.80. The molecule has 17 heavy (non-hydrogen) atoms. The van der Waals surface area contributed by atoms with Gasteiger partial charge in [-0.25, -0.2) is 0 Å². The van der Waals surface area contributed by atoms with Gasteiger partial charge in [-0.3, -0.25) is 9.59 Å². The first kappa shape index (κ1) is 12.4. The summed E-state index contributed by atoms with van der Waals surface area (Å²) >= 11 is 0. The van der Waals surface area contributed by atoms with Gasteiger partial charge in [0.1, 0.15) is 0 Å². The summed E-state index contributed by atoms with van der Waals surface area (Å²) in [7, 11) is 0. The lowest BCUT2D eigenvalue weighted by Gasteiger charge is -2.24. The van der Waals surface area contributed by atoms with Gasteiger partial charge in [-0.15, -0.1) is 0 Å². The van der Waals surface area contributed by atoms with Gasteiger partial charge in [0.25, 0.3) is 0 Å². The number of rotatable bonds is 5. The summed E-state index contributed by atoms with van der Waals surface area (Å²) in [5.41, 5.74) is 0. The van der Waals surface area contributed by atoms with Gasteiger partial charge in [0, 0.05) is 19.7 Å². The highest BCUT2D eigenvalue weighted by atomic mass is 16.5. The van der Waals surface area contributed by atoms with Crippen molar-refractivity contribution in [1.82, 2.24) is 4.90 Å². The van der Waals surface area contributed by atoms with Crippen molar-refractivity contribution in [2.45, 2.75) is 32.3 Å². The highest BCUT2D eigenvalue weighted by molar-refractivity contribution is 5.89. The van der Waals surface area contributed by atoms with Crippen LogP contribution in [-0.4, -0.2) is 47.7 Å². The molecule has 2 rings (SSSR count). The summed E-state index contributed by atoms with van der Waals surface area (Å²) in [6.07, 6.45) is 2.69. The molecule has 0 radical (unpaired) electrons. The second-order valence-corrected chi connectivity index (χ2v) is 4.80. The average Bonchev–Trinajstić information content (AvgIpc) is 2.96. The van der Waals surface area contributed by atoms with Crippen molar-refractivity contribution in [2.24, 2.45) is 11.8 Å². The predicted molar refractivity (Wildman–Crippen MR) is 60.5 cm³/mol.